The molecule has 0 rings (SSSR count). The summed E-state index contributed by atoms with van der Waals surface area (Å²) in [4.78, 5) is 22.5. The third-order valence-electron chi connectivity index (χ3n) is 7.38. The van der Waals surface area contributed by atoms with Crippen molar-refractivity contribution in [1.29, 1.82) is 0 Å². The second-order valence-corrected chi connectivity index (χ2v) is 13.2. The van der Waals surface area contributed by atoms with E-state index in [4.69, 9.17) is 14.8 Å². The fraction of sp³-hybridized carbons (Fsp3) is 0.750. The second kappa shape index (κ2) is 32.4. The van der Waals surface area contributed by atoms with Gasteiger partial charge in [0, 0.05) is 13.0 Å². The number of allylic oxidation sites excluding steroid dienone is 7. The zero-order valence-corrected chi connectivity index (χ0v) is 29.5. The number of amides is 1. The SMILES string of the molecule is CCCCC/C=C\C/C=C\CCCCCCCCCC(=O)NC(COP(=O)(O)OCCN)C(O)/C=C/CC/C=C/CCCCC. The summed E-state index contributed by atoms with van der Waals surface area (Å²) in [6.07, 6.45) is 37.3. The van der Waals surface area contributed by atoms with Gasteiger partial charge in [0.25, 0.3) is 0 Å². The summed E-state index contributed by atoms with van der Waals surface area (Å²) in [6.45, 7) is 4.00. The monoisotopic (exact) mass is 654 g/mol. The Bertz CT molecular complexity index is 845. The number of rotatable bonds is 32. The lowest BCUT2D eigenvalue weighted by Gasteiger charge is -2.23. The molecular formula is C36H67N2O6P. The number of hydrogen-bond acceptors (Lipinski definition) is 6. The first-order valence-corrected chi connectivity index (χ1v) is 19.3. The molecule has 0 aromatic carbocycles. The fourth-order valence-electron chi connectivity index (χ4n) is 4.65. The first-order chi connectivity index (χ1) is 21.9. The highest BCUT2D eigenvalue weighted by Crippen LogP contribution is 2.43. The van der Waals surface area contributed by atoms with Crippen molar-refractivity contribution in [3.8, 4) is 0 Å². The molecule has 0 fully saturated rings. The third kappa shape index (κ3) is 30.9. The van der Waals surface area contributed by atoms with Gasteiger partial charge in [-0.1, -0.05) is 120 Å². The van der Waals surface area contributed by atoms with Crippen molar-refractivity contribution in [2.24, 2.45) is 5.73 Å². The van der Waals surface area contributed by atoms with E-state index in [9.17, 15) is 19.4 Å². The third-order valence-corrected chi connectivity index (χ3v) is 8.36. The molecule has 0 aromatic heterocycles. The van der Waals surface area contributed by atoms with Crippen molar-refractivity contribution in [3.63, 3.8) is 0 Å². The zero-order valence-electron chi connectivity index (χ0n) is 28.6. The molecule has 0 radical (unpaired) electrons. The predicted octanol–water partition coefficient (Wildman–Crippen LogP) is 8.99. The lowest BCUT2D eigenvalue weighted by Crippen LogP contribution is -2.45. The molecule has 0 aliphatic heterocycles. The van der Waals surface area contributed by atoms with Crippen LogP contribution in [0.5, 0.6) is 0 Å². The van der Waals surface area contributed by atoms with Gasteiger partial charge in [0.05, 0.1) is 25.4 Å². The van der Waals surface area contributed by atoms with Crippen LogP contribution in [0.25, 0.3) is 0 Å². The number of phosphoric ester groups is 1. The largest absolute Gasteiger partial charge is 0.472 e. The molecule has 0 heterocycles. The van der Waals surface area contributed by atoms with Crippen molar-refractivity contribution in [2.45, 2.75) is 154 Å². The zero-order chi connectivity index (χ0) is 33.3. The molecule has 3 unspecified atom stereocenters. The van der Waals surface area contributed by atoms with Gasteiger partial charge in [-0.15, -0.1) is 0 Å². The van der Waals surface area contributed by atoms with Crippen molar-refractivity contribution >= 4 is 13.7 Å². The summed E-state index contributed by atoms with van der Waals surface area (Å²) in [7, 11) is -4.34. The average Bonchev–Trinajstić information content (AvgIpc) is 3.02. The Kier molecular flexibility index (Phi) is 31.3. The molecule has 0 spiro atoms. The number of nitrogens with one attached hydrogen (secondary N) is 1. The molecular weight excluding hydrogens is 587 g/mol. The topological polar surface area (TPSA) is 131 Å². The molecule has 0 aliphatic rings. The number of phosphoric acid groups is 1. The van der Waals surface area contributed by atoms with E-state index in [1.807, 2.05) is 6.08 Å². The summed E-state index contributed by atoms with van der Waals surface area (Å²) >= 11 is 0. The first kappa shape index (κ1) is 43.5. The highest BCUT2D eigenvalue weighted by atomic mass is 31.2. The van der Waals surface area contributed by atoms with Crippen LogP contribution in [0.4, 0.5) is 0 Å². The van der Waals surface area contributed by atoms with E-state index >= 15 is 0 Å². The van der Waals surface area contributed by atoms with Crippen LogP contribution in [-0.2, 0) is 18.4 Å². The summed E-state index contributed by atoms with van der Waals surface area (Å²) in [6, 6.07) is -0.879. The average molecular weight is 655 g/mol. The molecule has 0 aromatic rings. The van der Waals surface area contributed by atoms with Gasteiger partial charge < -0.3 is 21.1 Å². The van der Waals surface area contributed by atoms with Crippen LogP contribution in [0.2, 0.25) is 0 Å². The number of carbonyl (C=O) groups is 1. The van der Waals surface area contributed by atoms with Crippen LogP contribution < -0.4 is 11.1 Å². The molecule has 0 bridgehead atoms. The van der Waals surface area contributed by atoms with E-state index in [-0.39, 0.29) is 25.7 Å². The Balaban J connectivity index is 4.32. The fourth-order valence-corrected chi connectivity index (χ4v) is 5.40. The van der Waals surface area contributed by atoms with Crippen molar-refractivity contribution in [1.82, 2.24) is 5.32 Å². The summed E-state index contributed by atoms with van der Waals surface area (Å²) in [5, 5.41) is 13.5. The number of aliphatic hydroxyl groups excluding tert-OH is 1. The quantitative estimate of drug-likeness (QED) is 0.0323. The summed E-state index contributed by atoms with van der Waals surface area (Å²) in [5.41, 5.74) is 5.33. The molecule has 3 atom stereocenters. The molecule has 45 heavy (non-hydrogen) atoms. The van der Waals surface area contributed by atoms with Gasteiger partial charge in [-0.2, -0.15) is 0 Å². The molecule has 0 aliphatic carbocycles. The minimum absolute atomic E-state index is 0.0706. The lowest BCUT2D eigenvalue weighted by atomic mass is 10.1. The normalized spacial score (nSPS) is 15.0. The molecule has 0 saturated carbocycles. The second-order valence-electron chi connectivity index (χ2n) is 11.7. The van der Waals surface area contributed by atoms with Gasteiger partial charge in [-0.05, 0) is 64.2 Å². The Hall–Kier alpha value is -1.54. The molecule has 5 N–H and O–H groups in total. The molecule has 1 amide bonds. The van der Waals surface area contributed by atoms with Gasteiger partial charge in [0.1, 0.15) is 0 Å². The van der Waals surface area contributed by atoms with E-state index in [1.165, 1.54) is 64.2 Å². The smallest absolute Gasteiger partial charge is 0.387 e. The summed E-state index contributed by atoms with van der Waals surface area (Å²) < 4.78 is 21.9. The van der Waals surface area contributed by atoms with E-state index in [2.05, 4.69) is 55.6 Å². The highest BCUT2D eigenvalue weighted by molar-refractivity contribution is 7.47. The van der Waals surface area contributed by atoms with E-state index in [0.29, 0.717) is 6.42 Å². The highest BCUT2D eigenvalue weighted by Gasteiger charge is 2.26. The number of hydrogen-bond donors (Lipinski definition) is 4. The Morgan fingerprint density at radius 1 is 0.733 bits per heavy atom. The molecule has 262 valence electrons. The van der Waals surface area contributed by atoms with Crippen molar-refractivity contribution in [2.75, 3.05) is 19.8 Å². The van der Waals surface area contributed by atoms with E-state index < -0.39 is 20.0 Å². The standard InChI is InChI=1S/C36H67N2O6P/c1-3-5-7-9-11-13-14-15-16-17-18-19-20-22-24-26-28-30-36(40)38-34(33-44-45(41,42)43-32-31-37)35(39)29-27-25-23-21-12-10-8-6-4-2/h11-13,15-16,21,27,29,34-35,39H,3-10,14,17-20,22-26,28,30-33,37H2,1-2H3,(H,38,40)(H,41,42)/b13-11-,16-15-,21-12+,29-27+. The van der Waals surface area contributed by atoms with Crippen molar-refractivity contribution in [3.05, 3.63) is 48.6 Å². The van der Waals surface area contributed by atoms with E-state index in [1.54, 1.807) is 6.08 Å². The van der Waals surface area contributed by atoms with Crippen LogP contribution in [0, 0.1) is 0 Å². The predicted molar refractivity (Wildman–Crippen MR) is 189 cm³/mol. The first-order valence-electron chi connectivity index (χ1n) is 17.8. The van der Waals surface area contributed by atoms with Crippen LogP contribution >= 0.6 is 7.82 Å². The van der Waals surface area contributed by atoms with Crippen LogP contribution in [0.1, 0.15) is 142 Å². The number of nitrogens with two attached hydrogens (primary N) is 1. The van der Waals surface area contributed by atoms with Gasteiger partial charge in [0.2, 0.25) is 5.91 Å². The van der Waals surface area contributed by atoms with Gasteiger partial charge in [0.15, 0.2) is 0 Å². The maximum absolute atomic E-state index is 12.6. The van der Waals surface area contributed by atoms with Crippen LogP contribution in [0.15, 0.2) is 48.6 Å². The maximum Gasteiger partial charge on any atom is 0.472 e. The van der Waals surface area contributed by atoms with Crippen LogP contribution in [0.3, 0.4) is 0 Å². The Labute approximate surface area is 275 Å². The number of unbranched alkanes of at least 4 members (excludes halogenated alkanes) is 14. The number of carbonyl (C=O) groups excluding carboxylic acids is 1. The Morgan fingerprint density at radius 3 is 1.84 bits per heavy atom. The molecule has 8 nitrogen and oxygen atoms in total. The summed E-state index contributed by atoms with van der Waals surface area (Å²) in [5.74, 6) is -0.218. The maximum atomic E-state index is 12.6. The van der Waals surface area contributed by atoms with Gasteiger partial charge in [-0.25, -0.2) is 4.57 Å². The van der Waals surface area contributed by atoms with Crippen molar-refractivity contribution < 1.29 is 28.4 Å². The molecule has 0 saturated heterocycles. The number of aliphatic hydroxyl groups is 1. The lowest BCUT2D eigenvalue weighted by molar-refractivity contribution is -0.123. The minimum Gasteiger partial charge on any atom is -0.387 e. The van der Waals surface area contributed by atoms with Gasteiger partial charge in [-0.3, -0.25) is 13.8 Å². The Morgan fingerprint density at radius 2 is 1.24 bits per heavy atom. The molecule has 9 heteroatoms. The van der Waals surface area contributed by atoms with Gasteiger partial charge >= 0.3 is 7.82 Å². The minimum atomic E-state index is -4.34. The van der Waals surface area contributed by atoms with E-state index in [0.717, 1.165) is 57.8 Å². The van der Waals surface area contributed by atoms with Crippen LogP contribution in [-0.4, -0.2) is 47.8 Å².